The maximum absolute atomic E-state index is 13.7. The number of carbonyl (C=O) groups is 1. The van der Waals surface area contributed by atoms with Gasteiger partial charge >= 0.3 is 0 Å². The van der Waals surface area contributed by atoms with Crippen molar-refractivity contribution in [3.63, 3.8) is 0 Å². The first-order valence-corrected chi connectivity index (χ1v) is 7.25. The van der Waals surface area contributed by atoms with E-state index >= 15 is 0 Å². The Balaban J connectivity index is 2.26. The van der Waals surface area contributed by atoms with Crippen molar-refractivity contribution in [2.45, 2.75) is 45.1 Å². The Bertz CT molecular complexity index is 472. The van der Waals surface area contributed by atoms with Crippen LogP contribution in [0, 0.1) is 5.82 Å². The average Bonchev–Trinajstić information content (AvgIpc) is 2.48. The second-order valence-corrected chi connectivity index (χ2v) is 5.19. The van der Waals surface area contributed by atoms with Crippen molar-refractivity contribution in [1.29, 1.82) is 0 Å². The van der Waals surface area contributed by atoms with E-state index < -0.39 is 5.82 Å². The van der Waals surface area contributed by atoms with Gasteiger partial charge in [-0.25, -0.2) is 4.39 Å². The van der Waals surface area contributed by atoms with E-state index in [1.165, 1.54) is 18.6 Å². The number of hydrogen-bond donors (Lipinski definition) is 2. The SMILES string of the molecule is CCN(C(=O)c1cccc(F)c1NN)C1CCCCC1. The molecule has 1 aromatic rings. The maximum Gasteiger partial charge on any atom is 0.256 e. The van der Waals surface area contributed by atoms with Gasteiger partial charge in [-0.15, -0.1) is 0 Å². The van der Waals surface area contributed by atoms with E-state index in [4.69, 9.17) is 5.84 Å². The predicted molar refractivity (Wildman–Crippen MR) is 77.8 cm³/mol. The number of hydrogen-bond acceptors (Lipinski definition) is 3. The van der Waals surface area contributed by atoms with Gasteiger partial charge in [0, 0.05) is 12.6 Å². The number of nitrogens with one attached hydrogen (secondary N) is 1. The molecule has 1 aromatic carbocycles. The summed E-state index contributed by atoms with van der Waals surface area (Å²) in [6.07, 6.45) is 5.59. The molecular formula is C15H22FN3O. The number of halogens is 1. The molecule has 0 radical (unpaired) electrons. The van der Waals surface area contributed by atoms with Crippen molar-refractivity contribution in [3.05, 3.63) is 29.6 Å². The molecule has 0 heterocycles. The molecule has 1 fully saturated rings. The van der Waals surface area contributed by atoms with E-state index in [1.807, 2.05) is 11.8 Å². The minimum atomic E-state index is -0.502. The molecule has 0 spiro atoms. The Morgan fingerprint density at radius 2 is 2.10 bits per heavy atom. The molecule has 0 aromatic heterocycles. The third-order valence-electron chi connectivity index (χ3n) is 4.01. The molecule has 2 rings (SSSR count). The lowest BCUT2D eigenvalue weighted by molar-refractivity contribution is 0.0648. The molecule has 20 heavy (non-hydrogen) atoms. The minimum absolute atomic E-state index is 0.0757. The Kier molecular flexibility index (Phi) is 4.95. The molecule has 0 atom stereocenters. The number of hydrazine groups is 1. The molecule has 110 valence electrons. The average molecular weight is 279 g/mol. The molecule has 3 N–H and O–H groups in total. The highest BCUT2D eigenvalue weighted by atomic mass is 19.1. The molecule has 1 amide bonds. The van der Waals surface area contributed by atoms with Crippen LogP contribution in [-0.4, -0.2) is 23.4 Å². The Morgan fingerprint density at radius 3 is 2.70 bits per heavy atom. The van der Waals surface area contributed by atoms with E-state index in [1.54, 1.807) is 6.07 Å². The van der Waals surface area contributed by atoms with Crippen LogP contribution in [0.3, 0.4) is 0 Å². The smallest absolute Gasteiger partial charge is 0.256 e. The van der Waals surface area contributed by atoms with Crippen LogP contribution in [0.15, 0.2) is 18.2 Å². The molecule has 0 saturated heterocycles. The first-order chi connectivity index (χ1) is 9.69. The Morgan fingerprint density at radius 1 is 1.40 bits per heavy atom. The fourth-order valence-corrected chi connectivity index (χ4v) is 2.96. The number of anilines is 1. The van der Waals surface area contributed by atoms with Gasteiger partial charge < -0.3 is 10.3 Å². The summed E-state index contributed by atoms with van der Waals surface area (Å²) in [4.78, 5) is 14.5. The van der Waals surface area contributed by atoms with Gasteiger partial charge in [-0.1, -0.05) is 25.3 Å². The second kappa shape index (κ2) is 6.70. The molecule has 0 unspecified atom stereocenters. The Hall–Kier alpha value is -1.62. The van der Waals surface area contributed by atoms with Crippen LogP contribution < -0.4 is 11.3 Å². The molecule has 1 aliphatic rings. The first kappa shape index (κ1) is 14.8. The van der Waals surface area contributed by atoms with Gasteiger partial charge in [-0.3, -0.25) is 10.6 Å². The van der Waals surface area contributed by atoms with Crippen LogP contribution in [0.5, 0.6) is 0 Å². The van der Waals surface area contributed by atoms with Gasteiger partial charge in [-0.05, 0) is 31.9 Å². The van der Waals surface area contributed by atoms with Gasteiger partial charge in [-0.2, -0.15) is 0 Å². The maximum atomic E-state index is 13.7. The number of nitrogens with zero attached hydrogens (tertiary/aromatic N) is 1. The second-order valence-electron chi connectivity index (χ2n) is 5.19. The third kappa shape index (κ3) is 2.93. The topological polar surface area (TPSA) is 58.4 Å². The van der Waals surface area contributed by atoms with Gasteiger partial charge in [0.2, 0.25) is 0 Å². The van der Waals surface area contributed by atoms with Crippen LogP contribution in [0.1, 0.15) is 49.4 Å². The quantitative estimate of drug-likeness (QED) is 0.658. The lowest BCUT2D eigenvalue weighted by Gasteiger charge is -2.34. The van der Waals surface area contributed by atoms with Crippen LogP contribution in [0.25, 0.3) is 0 Å². The van der Waals surface area contributed by atoms with E-state index in [0.717, 1.165) is 25.7 Å². The lowest BCUT2D eigenvalue weighted by Crippen LogP contribution is -2.41. The van der Waals surface area contributed by atoms with Crippen molar-refractivity contribution in [2.75, 3.05) is 12.0 Å². The molecular weight excluding hydrogens is 257 g/mol. The molecule has 0 aliphatic heterocycles. The van der Waals surface area contributed by atoms with Crippen molar-refractivity contribution in [2.24, 2.45) is 5.84 Å². The number of amides is 1. The molecule has 4 nitrogen and oxygen atoms in total. The summed E-state index contributed by atoms with van der Waals surface area (Å²) in [5.74, 6) is 4.70. The Labute approximate surface area is 119 Å². The monoisotopic (exact) mass is 279 g/mol. The number of nitrogen functional groups attached to an aromatic ring is 1. The van der Waals surface area contributed by atoms with Crippen molar-refractivity contribution in [1.82, 2.24) is 4.90 Å². The van der Waals surface area contributed by atoms with Crippen molar-refractivity contribution in [3.8, 4) is 0 Å². The summed E-state index contributed by atoms with van der Waals surface area (Å²) in [7, 11) is 0. The van der Waals surface area contributed by atoms with E-state index in [2.05, 4.69) is 5.43 Å². The summed E-state index contributed by atoms with van der Waals surface area (Å²) in [5.41, 5.74) is 2.69. The molecule has 1 aliphatic carbocycles. The number of rotatable bonds is 4. The summed E-state index contributed by atoms with van der Waals surface area (Å²) in [6, 6.07) is 4.71. The zero-order chi connectivity index (χ0) is 14.5. The molecule has 1 saturated carbocycles. The first-order valence-electron chi connectivity index (χ1n) is 7.25. The summed E-state index contributed by atoms with van der Waals surface area (Å²) in [5, 5.41) is 0. The van der Waals surface area contributed by atoms with Gasteiger partial charge in [0.05, 0.1) is 11.3 Å². The lowest BCUT2D eigenvalue weighted by atomic mass is 9.93. The van der Waals surface area contributed by atoms with Gasteiger partial charge in [0.25, 0.3) is 5.91 Å². The van der Waals surface area contributed by atoms with Crippen molar-refractivity contribution >= 4 is 11.6 Å². The highest BCUT2D eigenvalue weighted by molar-refractivity contribution is 5.99. The van der Waals surface area contributed by atoms with Gasteiger partial charge in [0.1, 0.15) is 5.82 Å². The molecule has 0 bridgehead atoms. The fraction of sp³-hybridized carbons (Fsp3) is 0.533. The normalized spacial score (nSPS) is 15.9. The minimum Gasteiger partial charge on any atom is -0.336 e. The van der Waals surface area contributed by atoms with Gasteiger partial charge in [0.15, 0.2) is 0 Å². The van der Waals surface area contributed by atoms with E-state index in [0.29, 0.717) is 12.1 Å². The van der Waals surface area contributed by atoms with Crippen LogP contribution >= 0.6 is 0 Å². The predicted octanol–water partition coefficient (Wildman–Crippen LogP) is 2.91. The van der Waals surface area contributed by atoms with E-state index in [-0.39, 0.29) is 17.6 Å². The van der Waals surface area contributed by atoms with Crippen LogP contribution in [0.4, 0.5) is 10.1 Å². The van der Waals surface area contributed by atoms with E-state index in [9.17, 15) is 9.18 Å². The fourth-order valence-electron chi connectivity index (χ4n) is 2.96. The van der Waals surface area contributed by atoms with Crippen LogP contribution in [0.2, 0.25) is 0 Å². The number of nitrogens with two attached hydrogens (primary N) is 1. The number of benzene rings is 1. The summed E-state index contributed by atoms with van der Waals surface area (Å²) in [6.45, 7) is 2.59. The van der Waals surface area contributed by atoms with Crippen molar-refractivity contribution < 1.29 is 9.18 Å². The highest BCUT2D eigenvalue weighted by Crippen LogP contribution is 2.26. The zero-order valence-electron chi connectivity index (χ0n) is 11.9. The standard InChI is InChI=1S/C15H22FN3O/c1-2-19(11-7-4-3-5-8-11)15(20)12-9-6-10-13(16)14(12)18-17/h6,9-11,18H,2-5,7-8,17H2,1H3. The number of para-hydroxylation sites is 1. The molecule has 5 heteroatoms. The highest BCUT2D eigenvalue weighted by Gasteiger charge is 2.27. The zero-order valence-corrected chi connectivity index (χ0v) is 11.9. The third-order valence-corrected chi connectivity index (χ3v) is 4.01. The summed E-state index contributed by atoms with van der Waals surface area (Å²) >= 11 is 0. The van der Waals surface area contributed by atoms with Crippen LogP contribution in [-0.2, 0) is 0 Å². The largest absolute Gasteiger partial charge is 0.336 e. The number of carbonyl (C=O) groups excluding carboxylic acids is 1. The summed E-state index contributed by atoms with van der Waals surface area (Å²) < 4.78 is 13.7.